The molecule has 1 rings (SSSR count). The minimum absolute atomic E-state index is 0.385. The number of aliphatic hydroxyl groups is 1. The van der Waals surface area contributed by atoms with Crippen molar-refractivity contribution < 1.29 is 14.6 Å². The van der Waals surface area contributed by atoms with Crippen LogP contribution in [0, 0.1) is 0 Å². The summed E-state index contributed by atoms with van der Waals surface area (Å²) in [4.78, 5) is 11.4. The Morgan fingerprint density at radius 1 is 1.53 bits per heavy atom. The molecule has 0 aliphatic carbocycles. The number of hydrogen-bond donors (Lipinski definition) is 2. The third-order valence-corrected chi connectivity index (χ3v) is 1.92. The number of carbonyl (C=O) groups excluding carboxylic acids is 1. The number of para-hydroxylation sites is 1. The Labute approximate surface area is 88.9 Å². The van der Waals surface area contributed by atoms with E-state index >= 15 is 0 Å². The molecule has 0 fully saturated rings. The lowest BCUT2D eigenvalue weighted by Crippen LogP contribution is -2.17. The van der Waals surface area contributed by atoms with Gasteiger partial charge in [0.15, 0.2) is 0 Å². The summed E-state index contributed by atoms with van der Waals surface area (Å²) < 4.78 is 4.64. The second-order valence-corrected chi connectivity index (χ2v) is 3.27. The number of carbonyl (C=O) groups is 1. The minimum atomic E-state index is -0.462. The zero-order chi connectivity index (χ0) is 11.3. The lowest BCUT2D eigenvalue weighted by Gasteiger charge is -2.11. The first-order chi connectivity index (χ1) is 7.15. The van der Waals surface area contributed by atoms with Crippen LogP contribution in [0.3, 0.4) is 0 Å². The van der Waals surface area contributed by atoms with E-state index in [2.05, 4.69) is 10.1 Å². The van der Waals surface area contributed by atoms with Crippen LogP contribution in [0.4, 0.5) is 5.69 Å². The molecule has 1 aromatic carbocycles. The average Bonchev–Trinajstić information content (AvgIpc) is 2.25. The van der Waals surface area contributed by atoms with E-state index < -0.39 is 6.10 Å². The average molecular weight is 209 g/mol. The summed E-state index contributed by atoms with van der Waals surface area (Å²) in [6.45, 7) is 2.07. The molecule has 0 aliphatic heterocycles. The Bertz CT molecular complexity index is 336. The van der Waals surface area contributed by atoms with Gasteiger partial charge in [-0.1, -0.05) is 12.1 Å². The summed E-state index contributed by atoms with van der Waals surface area (Å²) >= 11 is 0. The molecule has 82 valence electrons. The molecule has 4 heteroatoms. The van der Waals surface area contributed by atoms with Crippen LogP contribution in [0.15, 0.2) is 24.3 Å². The fraction of sp³-hybridized carbons (Fsp3) is 0.364. The number of esters is 1. The van der Waals surface area contributed by atoms with Crippen LogP contribution in [0.2, 0.25) is 0 Å². The summed E-state index contributed by atoms with van der Waals surface area (Å²) in [7, 11) is 1.34. The molecule has 1 atom stereocenters. The summed E-state index contributed by atoms with van der Waals surface area (Å²) in [6, 6.07) is 7.03. The van der Waals surface area contributed by atoms with Gasteiger partial charge in [0.1, 0.15) is 0 Å². The van der Waals surface area contributed by atoms with E-state index in [-0.39, 0.29) is 5.97 Å². The molecule has 0 saturated carbocycles. The Balaban J connectivity index is 2.81. The molecule has 0 spiro atoms. The number of anilines is 1. The maximum atomic E-state index is 11.4. The largest absolute Gasteiger partial charge is 0.465 e. The van der Waals surface area contributed by atoms with E-state index in [1.165, 1.54) is 7.11 Å². The Morgan fingerprint density at radius 2 is 2.20 bits per heavy atom. The molecule has 2 N–H and O–H groups in total. The van der Waals surface area contributed by atoms with Gasteiger partial charge in [0.2, 0.25) is 0 Å². The number of benzene rings is 1. The van der Waals surface area contributed by atoms with Crippen molar-refractivity contribution in [3.05, 3.63) is 29.8 Å². The Hall–Kier alpha value is -1.55. The van der Waals surface area contributed by atoms with Crippen molar-refractivity contribution in [3.8, 4) is 0 Å². The SMILES string of the molecule is COC(=O)c1ccccc1NCC(C)O. The molecule has 0 aliphatic rings. The lowest BCUT2D eigenvalue weighted by atomic mass is 10.2. The predicted octanol–water partition coefficient (Wildman–Crippen LogP) is 1.27. The molecule has 0 amide bonds. The van der Waals surface area contributed by atoms with E-state index in [0.29, 0.717) is 17.8 Å². The zero-order valence-corrected chi connectivity index (χ0v) is 8.86. The number of nitrogens with one attached hydrogen (secondary N) is 1. The first-order valence-electron chi connectivity index (χ1n) is 4.74. The Kier molecular flexibility index (Phi) is 4.12. The molecule has 0 aromatic heterocycles. The molecule has 4 nitrogen and oxygen atoms in total. The zero-order valence-electron chi connectivity index (χ0n) is 8.86. The molecule has 0 saturated heterocycles. The lowest BCUT2D eigenvalue weighted by molar-refractivity contribution is 0.0601. The standard InChI is InChI=1S/C11H15NO3/c1-8(13)7-12-10-6-4-3-5-9(10)11(14)15-2/h3-6,8,12-13H,7H2,1-2H3. The van der Waals surface area contributed by atoms with E-state index in [0.717, 1.165) is 0 Å². The molecule has 1 aromatic rings. The maximum absolute atomic E-state index is 11.4. The van der Waals surface area contributed by atoms with Gasteiger partial charge in [-0.2, -0.15) is 0 Å². The highest BCUT2D eigenvalue weighted by Gasteiger charge is 2.10. The normalized spacial score (nSPS) is 11.9. The van der Waals surface area contributed by atoms with Crippen molar-refractivity contribution in [1.29, 1.82) is 0 Å². The smallest absolute Gasteiger partial charge is 0.339 e. The van der Waals surface area contributed by atoms with Crippen LogP contribution in [0.5, 0.6) is 0 Å². The number of methoxy groups -OCH3 is 1. The summed E-state index contributed by atoms with van der Waals surface area (Å²) in [5.41, 5.74) is 1.14. The van der Waals surface area contributed by atoms with E-state index in [4.69, 9.17) is 5.11 Å². The highest BCUT2D eigenvalue weighted by molar-refractivity contribution is 5.95. The first kappa shape index (κ1) is 11.5. The predicted molar refractivity (Wildman–Crippen MR) is 58.0 cm³/mol. The van der Waals surface area contributed by atoms with Gasteiger partial charge in [-0.15, -0.1) is 0 Å². The third-order valence-electron chi connectivity index (χ3n) is 1.92. The Morgan fingerprint density at radius 3 is 2.80 bits per heavy atom. The van der Waals surface area contributed by atoms with Gasteiger partial charge in [0.25, 0.3) is 0 Å². The number of aliphatic hydroxyl groups excluding tert-OH is 1. The van der Waals surface area contributed by atoms with Gasteiger partial charge >= 0.3 is 5.97 Å². The van der Waals surface area contributed by atoms with Crippen LogP contribution in [0.25, 0.3) is 0 Å². The van der Waals surface area contributed by atoms with Gasteiger partial charge in [0.05, 0.1) is 18.8 Å². The topological polar surface area (TPSA) is 58.6 Å². The van der Waals surface area contributed by atoms with Crippen molar-refractivity contribution in [2.45, 2.75) is 13.0 Å². The van der Waals surface area contributed by atoms with Crippen molar-refractivity contribution in [3.63, 3.8) is 0 Å². The van der Waals surface area contributed by atoms with Crippen LogP contribution in [0.1, 0.15) is 17.3 Å². The van der Waals surface area contributed by atoms with Gasteiger partial charge < -0.3 is 15.2 Å². The number of hydrogen-bond acceptors (Lipinski definition) is 4. The maximum Gasteiger partial charge on any atom is 0.339 e. The van der Waals surface area contributed by atoms with Crippen LogP contribution in [-0.4, -0.2) is 30.8 Å². The van der Waals surface area contributed by atoms with E-state index in [9.17, 15) is 4.79 Å². The monoisotopic (exact) mass is 209 g/mol. The molecular weight excluding hydrogens is 194 g/mol. The van der Waals surface area contributed by atoms with Crippen LogP contribution >= 0.6 is 0 Å². The second-order valence-electron chi connectivity index (χ2n) is 3.27. The summed E-state index contributed by atoms with van der Waals surface area (Å²) in [5.74, 6) is -0.385. The van der Waals surface area contributed by atoms with Gasteiger partial charge in [0, 0.05) is 12.2 Å². The van der Waals surface area contributed by atoms with E-state index in [1.807, 2.05) is 6.07 Å². The quantitative estimate of drug-likeness (QED) is 0.733. The fourth-order valence-electron chi connectivity index (χ4n) is 1.18. The number of ether oxygens (including phenoxy) is 1. The van der Waals surface area contributed by atoms with Crippen molar-refractivity contribution in [1.82, 2.24) is 0 Å². The first-order valence-corrected chi connectivity index (χ1v) is 4.74. The van der Waals surface area contributed by atoms with Crippen LogP contribution in [-0.2, 0) is 4.74 Å². The van der Waals surface area contributed by atoms with Crippen molar-refractivity contribution >= 4 is 11.7 Å². The summed E-state index contributed by atoms with van der Waals surface area (Å²) in [6.07, 6.45) is -0.462. The molecule has 15 heavy (non-hydrogen) atoms. The van der Waals surface area contributed by atoms with Crippen molar-refractivity contribution in [2.24, 2.45) is 0 Å². The molecule has 0 radical (unpaired) electrons. The van der Waals surface area contributed by atoms with Crippen LogP contribution < -0.4 is 5.32 Å². The summed E-state index contributed by atoms with van der Waals surface area (Å²) in [5, 5.41) is 12.1. The highest BCUT2D eigenvalue weighted by atomic mass is 16.5. The van der Waals surface area contributed by atoms with Crippen molar-refractivity contribution in [2.75, 3.05) is 19.0 Å². The van der Waals surface area contributed by atoms with E-state index in [1.54, 1.807) is 25.1 Å². The second kappa shape index (κ2) is 5.36. The minimum Gasteiger partial charge on any atom is -0.465 e. The molecule has 0 bridgehead atoms. The van der Waals surface area contributed by atoms with Gasteiger partial charge in [-0.05, 0) is 19.1 Å². The third kappa shape index (κ3) is 3.25. The fourth-order valence-corrected chi connectivity index (χ4v) is 1.18. The number of rotatable bonds is 4. The molecular formula is C11H15NO3. The highest BCUT2D eigenvalue weighted by Crippen LogP contribution is 2.15. The molecule has 0 heterocycles. The van der Waals surface area contributed by atoms with Gasteiger partial charge in [-0.3, -0.25) is 0 Å². The van der Waals surface area contributed by atoms with Gasteiger partial charge in [-0.25, -0.2) is 4.79 Å². The molecule has 1 unspecified atom stereocenters.